The molecule has 0 aliphatic heterocycles. The van der Waals surface area contributed by atoms with Crippen LogP contribution in [0.25, 0.3) is 0 Å². The van der Waals surface area contributed by atoms with E-state index < -0.39 is 44.9 Å². The maximum Gasteiger partial charge on any atom is 0.416 e. The molecule has 0 N–H and O–H groups in total. The van der Waals surface area contributed by atoms with E-state index in [0.29, 0.717) is 16.4 Å². The average molecular weight is 397 g/mol. The van der Waals surface area contributed by atoms with E-state index in [1.807, 2.05) is 0 Å². The van der Waals surface area contributed by atoms with Crippen LogP contribution in [0, 0.1) is 0 Å². The first-order valence-corrected chi connectivity index (χ1v) is 8.56. The zero-order valence-corrected chi connectivity index (χ0v) is 14.1. The number of alkyl halides is 6. The molecule has 26 heavy (non-hydrogen) atoms. The topological polar surface area (TPSA) is 37.4 Å². The lowest BCUT2D eigenvalue weighted by atomic mass is 10.1. The van der Waals surface area contributed by atoms with Gasteiger partial charge in [0.1, 0.15) is 0 Å². The SMILES string of the molecule is CN(Cc1ccccc1C(F)(F)F)S(=O)(=O)c1ccc(C(F)(F)F)cc1. The molecular formula is C16H13F6NO2S. The number of rotatable bonds is 4. The number of nitrogens with zero attached hydrogens (tertiary/aromatic N) is 1. The molecule has 0 aliphatic rings. The summed E-state index contributed by atoms with van der Waals surface area (Å²) in [7, 11) is -3.21. The van der Waals surface area contributed by atoms with Gasteiger partial charge < -0.3 is 0 Å². The van der Waals surface area contributed by atoms with Crippen molar-refractivity contribution in [2.75, 3.05) is 7.05 Å². The van der Waals surface area contributed by atoms with E-state index in [0.717, 1.165) is 31.3 Å². The Labute approximate surface area is 145 Å². The standard InChI is InChI=1S/C16H13F6NO2S/c1-23(10-11-4-2-3-5-14(11)16(20,21)22)26(24,25)13-8-6-12(7-9-13)15(17,18)19/h2-9H,10H2,1H3. The lowest BCUT2D eigenvalue weighted by Gasteiger charge is -2.20. The first kappa shape index (κ1) is 20.2. The number of hydrogen-bond acceptors (Lipinski definition) is 2. The summed E-state index contributed by atoms with van der Waals surface area (Å²) in [6.45, 7) is -0.584. The zero-order chi connectivity index (χ0) is 19.8. The Morgan fingerprint density at radius 1 is 0.846 bits per heavy atom. The van der Waals surface area contributed by atoms with Gasteiger partial charge in [-0.1, -0.05) is 18.2 Å². The Morgan fingerprint density at radius 2 is 1.38 bits per heavy atom. The molecule has 3 nitrogen and oxygen atoms in total. The molecule has 0 bridgehead atoms. The van der Waals surface area contributed by atoms with Gasteiger partial charge in [0.25, 0.3) is 0 Å². The van der Waals surface area contributed by atoms with E-state index in [1.54, 1.807) is 0 Å². The average Bonchev–Trinajstić information content (AvgIpc) is 2.53. The first-order chi connectivity index (χ1) is 11.8. The molecule has 0 aromatic heterocycles. The molecule has 10 heteroatoms. The summed E-state index contributed by atoms with van der Waals surface area (Å²) < 4.78 is 102. The number of halogens is 6. The molecule has 0 unspecified atom stereocenters. The molecule has 2 rings (SSSR count). The van der Waals surface area contributed by atoms with Crippen LogP contribution in [0.3, 0.4) is 0 Å². The highest BCUT2D eigenvalue weighted by atomic mass is 32.2. The molecule has 2 aromatic rings. The molecule has 0 saturated heterocycles. The molecule has 0 heterocycles. The first-order valence-electron chi connectivity index (χ1n) is 7.12. The zero-order valence-electron chi connectivity index (χ0n) is 13.3. The van der Waals surface area contributed by atoms with E-state index in [-0.39, 0.29) is 5.56 Å². The number of sulfonamides is 1. The van der Waals surface area contributed by atoms with Crippen LogP contribution in [-0.4, -0.2) is 19.8 Å². The third-order valence-corrected chi connectivity index (χ3v) is 5.42. The summed E-state index contributed by atoms with van der Waals surface area (Å²) in [5, 5.41) is 0. The third kappa shape index (κ3) is 4.36. The van der Waals surface area contributed by atoms with Gasteiger partial charge in [-0.05, 0) is 35.9 Å². The quantitative estimate of drug-likeness (QED) is 0.711. The van der Waals surface area contributed by atoms with Crippen molar-refractivity contribution >= 4 is 10.0 Å². The Balaban J connectivity index is 2.31. The van der Waals surface area contributed by atoms with Gasteiger partial charge in [0.05, 0.1) is 16.0 Å². The van der Waals surface area contributed by atoms with Gasteiger partial charge in [-0.15, -0.1) is 0 Å². The summed E-state index contributed by atoms with van der Waals surface area (Å²) in [5.41, 5.74) is -2.27. The fourth-order valence-corrected chi connectivity index (χ4v) is 3.40. The lowest BCUT2D eigenvalue weighted by Crippen LogP contribution is -2.27. The highest BCUT2D eigenvalue weighted by molar-refractivity contribution is 7.89. The van der Waals surface area contributed by atoms with E-state index in [2.05, 4.69) is 0 Å². The minimum atomic E-state index is -4.66. The van der Waals surface area contributed by atoms with Crippen LogP contribution < -0.4 is 0 Å². The molecule has 0 fully saturated rings. The van der Waals surface area contributed by atoms with Crippen molar-refractivity contribution in [1.29, 1.82) is 0 Å². The molecule has 2 aromatic carbocycles. The normalized spacial score (nSPS) is 13.2. The second kappa shape index (κ2) is 6.92. The van der Waals surface area contributed by atoms with Crippen LogP contribution in [0.5, 0.6) is 0 Å². The third-order valence-electron chi connectivity index (χ3n) is 3.61. The van der Waals surface area contributed by atoms with Crippen molar-refractivity contribution in [1.82, 2.24) is 4.31 Å². The summed E-state index contributed by atoms with van der Waals surface area (Å²) in [6.07, 6.45) is -9.28. The predicted molar refractivity (Wildman–Crippen MR) is 81.5 cm³/mol. The summed E-state index contributed by atoms with van der Waals surface area (Å²) in [5.74, 6) is 0. The Hall–Kier alpha value is -2.07. The van der Waals surface area contributed by atoms with Gasteiger partial charge >= 0.3 is 12.4 Å². The van der Waals surface area contributed by atoms with Gasteiger partial charge in [0.15, 0.2) is 0 Å². The van der Waals surface area contributed by atoms with E-state index >= 15 is 0 Å². The van der Waals surface area contributed by atoms with Crippen LogP contribution in [0.4, 0.5) is 26.3 Å². The minimum Gasteiger partial charge on any atom is -0.207 e. The van der Waals surface area contributed by atoms with Crippen LogP contribution in [0.2, 0.25) is 0 Å². The largest absolute Gasteiger partial charge is 0.416 e. The van der Waals surface area contributed by atoms with E-state index in [9.17, 15) is 34.8 Å². The highest BCUT2D eigenvalue weighted by Gasteiger charge is 2.34. The maximum atomic E-state index is 13.0. The molecule has 0 aliphatic carbocycles. The fraction of sp³-hybridized carbons (Fsp3) is 0.250. The summed E-state index contributed by atoms with van der Waals surface area (Å²) in [4.78, 5) is -0.447. The van der Waals surface area contributed by atoms with Crippen LogP contribution in [0.15, 0.2) is 53.4 Å². The van der Waals surface area contributed by atoms with Crippen LogP contribution in [-0.2, 0) is 28.9 Å². The van der Waals surface area contributed by atoms with E-state index in [4.69, 9.17) is 0 Å². The molecule has 0 spiro atoms. The smallest absolute Gasteiger partial charge is 0.207 e. The molecular weight excluding hydrogens is 384 g/mol. The Kier molecular flexibility index (Phi) is 5.39. The number of hydrogen-bond donors (Lipinski definition) is 0. The fourth-order valence-electron chi connectivity index (χ4n) is 2.26. The lowest BCUT2D eigenvalue weighted by molar-refractivity contribution is -0.138. The van der Waals surface area contributed by atoms with Crippen molar-refractivity contribution in [3.05, 3.63) is 65.2 Å². The van der Waals surface area contributed by atoms with Crippen LogP contribution >= 0.6 is 0 Å². The monoisotopic (exact) mass is 397 g/mol. The van der Waals surface area contributed by atoms with Crippen LogP contribution in [0.1, 0.15) is 16.7 Å². The number of benzene rings is 2. The van der Waals surface area contributed by atoms with Crippen molar-refractivity contribution < 1.29 is 34.8 Å². The van der Waals surface area contributed by atoms with Gasteiger partial charge in [-0.3, -0.25) is 0 Å². The molecule has 0 atom stereocenters. The maximum absolute atomic E-state index is 13.0. The Morgan fingerprint density at radius 3 is 1.88 bits per heavy atom. The summed E-state index contributed by atoms with van der Waals surface area (Å²) in [6, 6.07) is 7.22. The van der Waals surface area contributed by atoms with Crippen molar-refractivity contribution in [2.24, 2.45) is 0 Å². The Bertz CT molecular complexity index is 873. The second-order valence-electron chi connectivity index (χ2n) is 5.44. The predicted octanol–water partition coefficient (Wildman–Crippen LogP) is 4.54. The van der Waals surface area contributed by atoms with Crippen molar-refractivity contribution in [2.45, 2.75) is 23.8 Å². The summed E-state index contributed by atoms with van der Waals surface area (Å²) >= 11 is 0. The molecule has 0 amide bonds. The minimum absolute atomic E-state index is 0.266. The highest BCUT2D eigenvalue weighted by Crippen LogP contribution is 2.33. The molecule has 0 saturated carbocycles. The van der Waals surface area contributed by atoms with Gasteiger partial charge in [0, 0.05) is 13.6 Å². The van der Waals surface area contributed by atoms with Gasteiger partial charge in [-0.2, -0.15) is 30.6 Å². The van der Waals surface area contributed by atoms with Gasteiger partial charge in [0.2, 0.25) is 10.0 Å². The molecule has 142 valence electrons. The second-order valence-corrected chi connectivity index (χ2v) is 7.48. The van der Waals surface area contributed by atoms with Crippen molar-refractivity contribution in [3.8, 4) is 0 Å². The van der Waals surface area contributed by atoms with E-state index in [1.165, 1.54) is 12.1 Å². The van der Waals surface area contributed by atoms with Crippen molar-refractivity contribution in [3.63, 3.8) is 0 Å². The molecule has 0 radical (unpaired) electrons. The van der Waals surface area contributed by atoms with Gasteiger partial charge in [-0.25, -0.2) is 8.42 Å².